The third-order valence-electron chi connectivity index (χ3n) is 7.15. The summed E-state index contributed by atoms with van der Waals surface area (Å²) in [6.07, 6.45) is 1.94. The number of hydrogen-bond acceptors (Lipinski definition) is 6. The van der Waals surface area contributed by atoms with Crippen LogP contribution in [0.2, 0.25) is 0 Å². The average Bonchev–Trinajstić information content (AvgIpc) is 2.96. The minimum absolute atomic E-state index is 0.0871. The van der Waals surface area contributed by atoms with E-state index in [0.29, 0.717) is 34.5 Å². The number of alkyl halides is 3. The molecule has 0 aliphatic carbocycles. The number of carbonyl (C=O) groups excluding carboxylic acids is 1. The molecule has 1 saturated heterocycles. The zero-order valence-corrected chi connectivity index (χ0v) is 22.8. The molecular weight excluding hydrogens is 531 g/mol. The van der Waals surface area contributed by atoms with Crippen molar-refractivity contribution in [3.05, 3.63) is 95.6 Å². The Morgan fingerprint density at radius 2 is 1.83 bits per heavy atom. The van der Waals surface area contributed by atoms with Gasteiger partial charge in [-0.1, -0.05) is 6.07 Å². The van der Waals surface area contributed by atoms with Crippen LogP contribution in [0.25, 0.3) is 11.3 Å². The van der Waals surface area contributed by atoms with Crippen molar-refractivity contribution >= 4 is 11.6 Å². The SMILES string of the molecule is Cc1cc(NC(=O)c2cccc(C(F)(F)F)c2)ccc1Oc1ncccc1-c1ccnc(CC2CCN(C)CC2)n1. The Morgan fingerprint density at radius 3 is 2.59 bits per heavy atom. The third kappa shape index (κ3) is 7.07. The predicted molar refractivity (Wildman–Crippen MR) is 150 cm³/mol. The number of piperidine rings is 1. The molecule has 1 amide bonds. The molecule has 5 rings (SSSR count). The van der Waals surface area contributed by atoms with Crippen molar-refractivity contribution in [2.75, 3.05) is 25.5 Å². The minimum atomic E-state index is -4.53. The molecule has 0 atom stereocenters. The van der Waals surface area contributed by atoms with Gasteiger partial charge in [-0.3, -0.25) is 4.79 Å². The molecule has 1 aliphatic rings. The maximum Gasteiger partial charge on any atom is 0.416 e. The molecule has 41 heavy (non-hydrogen) atoms. The van der Waals surface area contributed by atoms with Gasteiger partial charge in [-0.25, -0.2) is 15.0 Å². The van der Waals surface area contributed by atoms with Gasteiger partial charge in [0.05, 0.1) is 16.8 Å². The molecule has 10 heteroatoms. The molecule has 1 N–H and O–H groups in total. The number of nitrogens with zero attached hydrogens (tertiary/aromatic N) is 4. The lowest BCUT2D eigenvalue weighted by atomic mass is 9.93. The molecule has 0 unspecified atom stereocenters. The van der Waals surface area contributed by atoms with Gasteiger partial charge >= 0.3 is 6.18 Å². The average molecular weight is 562 g/mol. The molecule has 3 heterocycles. The van der Waals surface area contributed by atoms with Crippen molar-refractivity contribution in [3.63, 3.8) is 0 Å². The largest absolute Gasteiger partial charge is 0.438 e. The van der Waals surface area contributed by atoms with E-state index in [1.54, 1.807) is 30.6 Å². The molecule has 1 aliphatic heterocycles. The Labute approximate surface area is 236 Å². The molecular formula is C31H30F3N5O2. The number of nitrogens with one attached hydrogen (secondary N) is 1. The zero-order chi connectivity index (χ0) is 29.0. The predicted octanol–water partition coefficient (Wildman–Crippen LogP) is 6.79. The number of benzene rings is 2. The van der Waals surface area contributed by atoms with E-state index in [-0.39, 0.29) is 5.56 Å². The molecule has 1 fully saturated rings. The van der Waals surface area contributed by atoms with Crippen molar-refractivity contribution < 1.29 is 22.7 Å². The van der Waals surface area contributed by atoms with Crippen molar-refractivity contribution in [3.8, 4) is 22.9 Å². The second-order valence-electron chi connectivity index (χ2n) is 10.3. The highest BCUT2D eigenvalue weighted by Crippen LogP contribution is 2.33. The molecule has 7 nitrogen and oxygen atoms in total. The van der Waals surface area contributed by atoms with Crippen molar-refractivity contribution in [1.82, 2.24) is 19.9 Å². The highest BCUT2D eigenvalue weighted by molar-refractivity contribution is 6.04. The van der Waals surface area contributed by atoms with Gasteiger partial charge in [0.15, 0.2) is 0 Å². The molecule has 4 aromatic rings. The summed E-state index contributed by atoms with van der Waals surface area (Å²) in [6.45, 7) is 3.97. The van der Waals surface area contributed by atoms with Crippen LogP contribution < -0.4 is 10.1 Å². The number of pyridine rings is 1. The Balaban J connectivity index is 1.30. The molecule has 2 aromatic heterocycles. The Hall–Kier alpha value is -4.31. The fraction of sp³-hybridized carbons (Fsp3) is 0.290. The van der Waals surface area contributed by atoms with Gasteiger partial charge in [0.1, 0.15) is 11.6 Å². The monoisotopic (exact) mass is 561 g/mol. The minimum Gasteiger partial charge on any atom is -0.438 e. The van der Waals surface area contributed by atoms with Crippen LogP contribution in [0.3, 0.4) is 0 Å². The van der Waals surface area contributed by atoms with E-state index in [1.165, 1.54) is 12.1 Å². The highest BCUT2D eigenvalue weighted by Gasteiger charge is 2.31. The lowest BCUT2D eigenvalue weighted by Gasteiger charge is -2.28. The first-order valence-electron chi connectivity index (χ1n) is 13.4. The van der Waals surface area contributed by atoms with E-state index in [9.17, 15) is 18.0 Å². The summed E-state index contributed by atoms with van der Waals surface area (Å²) in [5.41, 5.74) is 1.60. The van der Waals surface area contributed by atoms with E-state index < -0.39 is 17.6 Å². The van der Waals surface area contributed by atoms with Gasteiger partial charge in [0, 0.05) is 30.1 Å². The number of halogens is 3. The van der Waals surface area contributed by atoms with Crippen LogP contribution in [-0.4, -0.2) is 45.9 Å². The molecule has 212 valence electrons. The first-order valence-corrected chi connectivity index (χ1v) is 13.4. The number of aromatic nitrogens is 3. The van der Waals surface area contributed by atoms with Crippen molar-refractivity contribution in [2.45, 2.75) is 32.4 Å². The van der Waals surface area contributed by atoms with Gasteiger partial charge in [-0.2, -0.15) is 13.2 Å². The van der Waals surface area contributed by atoms with E-state index in [4.69, 9.17) is 9.72 Å². The number of anilines is 1. The van der Waals surface area contributed by atoms with Crippen molar-refractivity contribution in [1.29, 1.82) is 0 Å². The Morgan fingerprint density at radius 1 is 1.02 bits per heavy atom. The van der Waals surface area contributed by atoms with Gasteiger partial charge in [-0.15, -0.1) is 0 Å². The maximum absolute atomic E-state index is 13.0. The van der Waals surface area contributed by atoms with Gasteiger partial charge in [0.25, 0.3) is 5.91 Å². The Bertz CT molecular complexity index is 1530. The first kappa shape index (κ1) is 28.2. The molecule has 0 bridgehead atoms. The van der Waals surface area contributed by atoms with Crippen molar-refractivity contribution in [2.24, 2.45) is 5.92 Å². The second kappa shape index (κ2) is 12.1. The number of hydrogen-bond donors (Lipinski definition) is 1. The quantitative estimate of drug-likeness (QED) is 0.268. The number of ether oxygens (including phenoxy) is 1. The lowest BCUT2D eigenvalue weighted by molar-refractivity contribution is -0.137. The summed E-state index contributed by atoms with van der Waals surface area (Å²) < 4.78 is 45.3. The molecule has 0 saturated carbocycles. The summed E-state index contributed by atoms with van der Waals surface area (Å²) in [6, 6.07) is 14.8. The maximum atomic E-state index is 13.0. The number of carbonyl (C=O) groups is 1. The number of likely N-dealkylation sites (tertiary alicyclic amines) is 1. The number of amides is 1. The van der Waals surface area contributed by atoms with Gasteiger partial charge < -0.3 is 15.0 Å². The third-order valence-corrected chi connectivity index (χ3v) is 7.15. The lowest BCUT2D eigenvalue weighted by Crippen LogP contribution is -2.31. The summed E-state index contributed by atoms with van der Waals surface area (Å²) in [5.74, 6) is 1.60. The fourth-order valence-electron chi connectivity index (χ4n) is 4.82. The molecule has 0 spiro atoms. The molecule has 0 radical (unpaired) electrons. The Kier molecular flexibility index (Phi) is 8.30. The summed E-state index contributed by atoms with van der Waals surface area (Å²) in [4.78, 5) is 28.7. The van der Waals surface area contributed by atoms with Crippen LogP contribution in [0.4, 0.5) is 18.9 Å². The zero-order valence-electron chi connectivity index (χ0n) is 22.8. The van der Waals surface area contributed by atoms with Crippen LogP contribution in [0, 0.1) is 12.8 Å². The smallest absolute Gasteiger partial charge is 0.416 e. The van der Waals surface area contributed by atoms with E-state index in [0.717, 1.165) is 55.9 Å². The van der Waals surface area contributed by atoms with Crippen LogP contribution in [0.1, 0.15) is 40.2 Å². The van der Waals surface area contributed by atoms with Crippen LogP contribution in [0.5, 0.6) is 11.6 Å². The first-order chi connectivity index (χ1) is 19.7. The summed E-state index contributed by atoms with van der Waals surface area (Å²) in [7, 11) is 2.14. The fourth-order valence-corrected chi connectivity index (χ4v) is 4.82. The van der Waals surface area contributed by atoms with E-state index in [1.807, 2.05) is 25.1 Å². The van der Waals surface area contributed by atoms with E-state index in [2.05, 4.69) is 27.2 Å². The standard InChI is InChI=1S/C31H30F3N5O2/c1-20-17-24(37-29(40)22-5-3-6-23(19-22)31(32,33)34)8-9-27(20)41-30-25(7-4-13-36-30)26-10-14-35-28(38-26)18-21-11-15-39(2)16-12-21/h3-10,13-14,17,19,21H,11-12,15-16,18H2,1-2H3,(H,37,40). The normalized spacial score (nSPS) is 14.6. The molecule has 2 aromatic carbocycles. The number of rotatable bonds is 7. The summed E-state index contributed by atoms with van der Waals surface area (Å²) >= 11 is 0. The van der Waals surface area contributed by atoms with Crippen LogP contribution in [0.15, 0.2) is 73.1 Å². The van der Waals surface area contributed by atoms with Gasteiger partial charge in [-0.05, 0) is 106 Å². The van der Waals surface area contributed by atoms with Crippen LogP contribution >= 0.6 is 0 Å². The van der Waals surface area contributed by atoms with Gasteiger partial charge in [0.2, 0.25) is 5.88 Å². The van der Waals surface area contributed by atoms with E-state index >= 15 is 0 Å². The van der Waals surface area contributed by atoms with Crippen LogP contribution in [-0.2, 0) is 12.6 Å². The number of aryl methyl sites for hydroxylation is 1. The highest BCUT2D eigenvalue weighted by atomic mass is 19.4. The summed E-state index contributed by atoms with van der Waals surface area (Å²) in [5, 5.41) is 2.65. The topological polar surface area (TPSA) is 80.2 Å². The second-order valence-corrected chi connectivity index (χ2v) is 10.3.